The molecule has 22 nitrogen and oxygen atoms in total. The van der Waals surface area contributed by atoms with Crippen molar-refractivity contribution in [1.29, 1.82) is 0 Å². The number of anilines is 1. The van der Waals surface area contributed by atoms with Gasteiger partial charge in [0.25, 0.3) is 10.1 Å². The topological polar surface area (TPSA) is 322 Å². The predicted octanol–water partition coefficient (Wildman–Crippen LogP) is -1.33. The molecule has 1 unspecified atom stereocenters. The number of aliphatic carboxylic acids is 1. The lowest BCUT2D eigenvalue weighted by Crippen LogP contribution is -2.54. The molecule has 1 aromatic rings. The van der Waals surface area contributed by atoms with Crippen LogP contribution >= 0.6 is 0 Å². The summed E-state index contributed by atoms with van der Waals surface area (Å²) in [7, 11) is -4.37. The monoisotopic (exact) mass is 909 g/mol. The zero-order valence-electron chi connectivity index (χ0n) is 35.3. The molecular weight excluding hydrogens is 855 g/mol. The average Bonchev–Trinajstić information content (AvgIpc) is 3.66. The molecule has 3 heterocycles. The quantitative estimate of drug-likeness (QED) is 0.0247. The molecule has 7 N–H and O–H groups in total. The summed E-state index contributed by atoms with van der Waals surface area (Å²) in [5, 5.41) is 37.3. The normalized spacial score (nSPS) is 24.3. The molecule has 6 amide bonds. The molecule has 63 heavy (non-hydrogen) atoms. The second-order valence-electron chi connectivity index (χ2n) is 16.1. The Balaban J connectivity index is 1.39. The molecule has 0 radical (unpaired) electrons. The first-order chi connectivity index (χ1) is 29.5. The number of hydrogen-bond donors (Lipinski definition) is 7. The van der Waals surface area contributed by atoms with Crippen LogP contribution in [0.4, 0.5) is 5.69 Å². The van der Waals surface area contributed by atoms with Crippen LogP contribution in [0.5, 0.6) is 0 Å². The molecule has 8 atom stereocenters. The molecule has 0 bridgehead atoms. The highest BCUT2D eigenvalue weighted by atomic mass is 32.2. The third-order valence-corrected chi connectivity index (χ3v) is 11.5. The van der Waals surface area contributed by atoms with Crippen molar-refractivity contribution in [2.75, 3.05) is 37.4 Å². The van der Waals surface area contributed by atoms with E-state index in [4.69, 9.17) is 18.8 Å². The summed E-state index contributed by atoms with van der Waals surface area (Å²) in [4.78, 5) is 105. The van der Waals surface area contributed by atoms with Gasteiger partial charge in [-0.2, -0.15) is 8.42 Å². The number of aliphatic hydroxyl groups is 2. The summed E-state index contributed by atoms with van der Waals surface area (Å²) in [6.07, 6.45) is -5.26. The SMILES string of the molecule is C=C(C)C1CC(=O)N([C@H]2C[C@@H](COCCS(=O)(=O)O)N(CC(=O)N[C@H](C(=O)NCC(=O)Nc3ccc(COC(C)=O)c(CC[C@H]4C[C@@H](O)[C@H](O)[C@@H](C(=O)O)O4)c3)C(C)C)C2=O)C1=O. The van der Waals surface area contributed by atoms with Gasteiger partial charge in [-0.15, -0.1) is 0 Å². The van der Waals surface area contributed by atoms with Crippen molar-refractivity contribution in [2.45, 2.75) is 109 Å². The van der Waals surface area contributed by atoms with Gasteiger partial charge in [0.1, 0.15) is 24.8 Å². The maximum atomic E-state index is 13.7. The maximum Gasteiger partial charge on any atom is 0.335 e. The Morgan fingerprint density at radius 3 is 2.32 bits per heavy atom. The van der Waals surface area contributed by atoms with Gasteiger partial charge < -0.3 is 50.4 Å². The van der Waals surface area contributed by atoms with Gasteiger partial charge >= 0.3 is 11.9 Å². The fraction of sp³-hybridized carbons (Fsp3) is 0.600. The number of esters is 1. The molecule has 23 heteroatoms. The highest BCUT2D eigenvalue weighted by Gasteiger charge is 2.51. The first-order valence-electron chi connectivity index (χ1n) is 20.2. The van der Waals surface area contributed by atoms with Gasteiger partial charge in [-0.3, -0.25) is 43.0 Å². The standard InChI is InChI=1S/C40H55N5O17S/c1-20(2)28-15-33(50)45(38(28)53)29-13-26(19-60-10-11-63(57,58)59)44(39(29)54)17-32(49)43-34(21(3)4)37(52)41-16-31(48)42-25-8-6-24(18-61-22(5)46)23(12-25)7-9-27-14-30(47)35(51)36(62-27)40(55)56/h6,8,12,21,26-30,34-36,47,51H,1,7,9-11,13-19H2,2-5H3,(H,41,52)(H,42,48)(H,43,49)(H,55,56)(H,57,58,59)/t26-,27-,28?,29-,30+,34-,35-,36-/m0/s1. The lowest BCUT2D eigenvalue weighted by Gasteiger charge is -2.35. The number of hydrogen-bond acceptors (Lipinski definition) is 15. The number of benzene rings is 1. The Hall–Kier alpha value is -5.33. The van der Waals surface area contributed by atoms with Crippen LogP contribution < -0.4 is 16.0 Å². The molecular formula is C40H55N5O17S. The summed E-state index contributed by atoms with van der Waals surface area (Å²) < 4.78 is 47.5. The highest BCUT2D eigenvalue weighted by molar-refractivity contribution is 7.85. The van der Waals surface area contributed by atoms with Crippen LogP contribution in [0.1, 0.15) is 64.5 Å². The number of carbonyl (C=O) groups is 8. The van der Waals surface area contributed by atoms with E-state index in [-0.39, 0.29) is 51.0 Å². The molecule has 4 rings (SSSR count). The molecule has 3 aliphatic heterocycles. The molecule has 0 aliphatic carbocycles. The molecule has 348 valence electrons. The van der Waals surface area contributed by atoms with Gasteiger partial charge in [0.2, 0.25) is 35.4 Å². The van der Waals surface area contributed by atoms with Crippen LogP contribution in [0.2, 0.25) is 0 Å². The molecule has 0 aromatic heterocycles. The number of rotatable bonds is 21. The van der Waals surface area contributed by atoms with Crippen molar-refractivity contribution in [1.82, 2.24) is 20.4 Å². The van der Waals surface area contributed by atoms with Crippen molar-refractivity contribution in [2.24, 2.45) is 11.8 Å². The second kappa shape index (κ2) is 21.8. The van der Waals surface area contributed by atoms with Crippen molar-refractivity contribution in [3.63, 3.8) is 0 Å². The van der Waals surface area contributed by atoms with Gasteiger partial charge in [-0.25, -0.2) is 4.79 Å². The Morgan fingerprint density at radius 1 is 1.02 bits per heavy atom. The second-order valence-corrected chi connectivity index (χ2v) is 17.7. The third-order valence-electron chi connectivity index (χ3n) is 10.8. The maximum absolute atomic E-state index is 13.7. The van der Waals surface area contributed by atoms with E-state index in [1.54, 1.807) is 32.9 Å². The Kier molecular flexibility index (Phi) is 17.4. The zero-order chi connectivity index (χ0) is 46.9. The molecule has 1 aromatic carbocycles. The Labute approximate surface area is 363 Å². The number of aliphatic hydroxyl groups excluding tert-OH is 2. The smallest absolute Gasteiger partial charge is 0.335 e. The Bertz CT molecular complexity index is 2060. The van der Waals surface area contributed by atoms with E-state index in [1.807, 2.05) is 0 Å². The summed E-state index contributed by atoms with van der Waals surface area (Å²) in [5.41, 5.74) is 1.86. The number of carboxylic acid groups (broad SMARTS) is 1. The number of nitrogens with zero attached hydrogens (tertiary/aromatic N) is 2. The van der Waals surface area contributed by atoms with E-state index >= 15 is 0 Å². The van der Waals surface area contributed by atoms with Crippen molar-refractivity contribution in [3.8, 4) is 0 Å². The largest absolute Gasteiger partial charge is 0.479 e. The molecule has 0 spiro atoms. The van der Waals surface area contributed by atoms with Crippen LogP contribution in [0.3, 0.4) is 0 Å². The van der Waals surface area contributed by atoms with E-state index < -0.39 is 137 Å². The van der Waals surface area contributed by atoms with E-state index in [2.05, 4.69) is 22.5 Å². The number of carbonyl (C=O) groups excluding carboxylic acids is 7. The highest BCUT2D eigenvalue weighted by Crippen LogP contribution is 2.33. The number of nitrogens with one attached hydrogen (secondary N) is 3. The van der Waals surface area contributed by atoms with Gasteiger partial charge in [-0.1, -0.05) is 32.1 Å². The number of aryl methyl sites for hydroxylation is 1. The van der Waals surface area contributed by atoms with Crippen molar-refractivity contribution < 1.29 is 80.9 Å². The van der Waals surface area contributed by atoms with Crippen LogP contribution in [0.25, 0.3) is 0 Å². The first-order valence-corrected chi connectivity index (χ1v) is 21.8. The minimum Gasteiger partial charge on any atom is -0.479 e. The minimum atomic E-state index is -4.37. The summed E-state index contributed by atoms with van der Waals surface area (Å²) in [5.74, 6) is -8.29. The van der Waals surface area contributed by atoms with Crippen LogP contribution in [0, 0.1) is 11.8 Å². The van der Waals surface area contributed by atoms with Gasteiger partial charge in [0.05, 0.1) is 56.2 Å². The van der Waals surface area contributed by atoms with E-state index in [1.165, 1.54) is 13.0 Å². The van der Waals surface area contributed by atoms with Crippen LogP contribution in [-0.2, 0) is 75.7 Å². The lowest BCUT2D eigenvalue weighted by molar-refractivity contribution is -0.193. The van der Waals surface area contributed by atoms with E-state index in [0.717, 1.165) is 9.80 Å². The Morgan fingerprint density at radius 2 is 1.71 bits per heavy atom. The molecule has 3 saturated heterocycles. The van der Waals surface area contributed by atoms with Crippen molar-refractivity contribution >= 4 is 63.2 Å². The van der Waals surface area contributed by atoms with Gasteiger partial charge in [0, 0.05) is 25.5 Å². The van der Waals surface area contributed by atoms with E-state index in [9.17, 15) is 62.1 Å². The fourth-order valence-corrected chi connectivity index (χ4v) is 7.82. The van der Waals surface area contributed by atoms with Gasteiger partial charge in [0.15, 0.2) is 6.10 Å². The first kappa shape index (κ1) is 50.3. The number of amides is 6. The summed E-state index contributed by atoms with van der Waals surface area (Å²) in [6, 6.07) is 1.29. The minimum absolute atomic E-state index is 0.0356. The molecule has 3 fully saturated rings. The van der Waals surface area contributed by atoms with Gasteiger partial charge in [-0.05, 0) is 55.4 Å². The van der Waals surface area contributed by atoms with Crippen LogP contribution in [-0.4, -0.2) is 160 Å². The number of carboxylic acids is 1. The number of likely N-dealkylation sites (tertiary alicyclic amines) is 2. The summed E-state index contributed by atoms with van der Waals surface area (Å²) in [6.45, 7) is 7.72. The predicted molar refractivity (Wildman–Crippen MR) is 217 cm³/mol. The molecule has 0 saturated carbocycles. The average molecular weight is 910 g/mol. The lowest BCUT2D eigenvalue weighted by atomic mass is 9.93. The van der Waals surface area contributed by atoms with Crippen molar-refractivity contribution in [3.05, 3.63) is 41.5 Å². The third kappa shape index (κ3) is 13.8. The number of imide groups is 1. The molecule has 3 aliphatic rings. The zero-order valence-corrected chi connectivity index (χ0v) is 36.1. The fourth-order valence-electron chi connectivity index (χ4n) is 7.49. The summed E-state index contributed by atoms with van der Waals surface area (Å²) >= 11 is 0. The van der Waals surface area contributed by atoms with E-state index in [0.29, 0.717) is 16.7 Å². The van der Waals surface area contributed by atoms with Crippen LogP contribution in [0.15, 0.2) is 30.4 Å². The number of ether oxygens (including phenoxy) is 3.